The van der Waals surface area contributed by atoms with Gasteiger partial charge in [-0.3, -0.25) is 19.2 Å². The number of aromatic amines is 1. The molecule has 1 saturated heterocycles. The fourth-order valence-corrected chi connectivity index (χ4v) is 2.59. The molecule has 19 nitrogen and oxygen atoms in total. The Morgan fingerprint density at radius 2 is 1.45 bits per heavy atom. The van der Waals surface area contributed by atoms with Gasteiger partial charge in [0.2, 0.25) is 0 Å². The van der Waals surface area contributed by atoms with Gasteiger partial charge in [-0.15, -0.1) is 0 Å². The van der Waals surface area contributed by atoms with Gasteiger partial charge in [0.15, 0.2) is 0 Å². The van der Waals surface area contributed by atoms with E-state index in [9.17, 15) is 28.8 Å². The molecule has 42 heavy (non-hydrogen) atoms. The van der Waals surface area contributed by atoms with Crippen molar-refractivity contribution >= 4 is 35.8 Å². The number of carbonyl (C=O) groups excluding carboxylic acids is 4. The second-order valence-corrected chi connectivity index (χ2v) is 9.00. The normalized spacial score (nSPS) is 17.4. The van der Waals surface area contributed by atoms with Crippen molar-refractivity contribution in [1.29, 1.82) is 0 Å². The standard InChI is InChI=1S/C9H17N3O5.C8H14N2O4.C6H9N3O2/c1-4(10)7(13)16-3-6(12)9(15)17-8(14)5(2)11;9-5(7(11)12)4-14-8(13)6-2-1-3-10-6;7-5(6(10)11)1-4-2-8-3-9-4/h4-6H,3,10-12H2,1-2H3;5-6,10H,1-4,9H2,(H,11,12);2-3,5H,1,7H2,(H,8,9)(H,10,11)/t4-,5-,6-;5-,6-;5-/m000/s1. The van der Waals surface area contributed by atoms with E-state index in [1.807, 2.05) is 0 Å². The number of carboxylic acids is 2. The maximum atomic E-state index is 11.2. The van der Waals surface area contributed by atoms with Crippen molar-refractivity contribution in [2.75, 3.05) is 19.8 Å². The summed E-state index contributed by atoms with van der Waals surface area (Å²) in [5, 5.41) is 19.8. The quantitative estimate of drug-likeness (QED) is 0.0618. The minimum Gasteiger partial charge on any atom is -0.480 e. The van der Waals surface area contributed by atoms with E-state index in [-0.39, 0.29) is 19.1 Å². The smallest absolute Gasteiger partial charge is 0.334 e. The molecule has 1 aliphatic rings. The van der Waals surface area contributed by atoms with Gasteiger partial charge in [0.25, 0.3) is 0 Å². The molecular formula is C23H40N8O11. The van der Waals surface area contributed by atoms with E-state index in [1.165, 1.54) is 20.2 Å². The average molecular weight is 605 g/mol. The molecule has 1 aromatic heterocycles. The number of hydrogen-bond acceptors (Lipinski definition) is 16. The monoisotopic (exact) mass is 604 g/mol. The zero-order valence-electron chi connectivity index (χ0n) is 23.3. The van der Waals surface area contributed by atoms with Crippen LogP contribution in [-0.2, 0) is 49.4 Å². The number of nitrogens with two attached hydrogens (primary N) is 5. The maximum absolute atomic E-state index is 11.2. The number of aromatic nitrogens is 2. The summed E-state index contributed by atoms with van der Waals surface area (Å²) in [5.41, 5.74) is 26.9. The Labute approximate surface area is 240 Å². The molecule has 0 spiro atoms. The highest BCUT2D eigenvalue weighted by Crippen LogP contribution is 2.06. The second-order valence-electron chi connectivity index (χ2n) is 9.00. The van der Waals surface area contributed by atoms with Crippen LogP contribution in [0, 0.1) is 0 Å². The van der Waals surface area contributed by atoms with Crippen LogP contribution >= 0.6 is 0 Å². The van der Waals surface area contributed by atoms with Gasteiger partial charge < -0.3 is 63.4 Å². The average Bonchev–Trinajstić information content (AvgIpc) is 3.65. The predicted octanol–water partition coefficient (Wildman–Crippen LogP) is -4.32. The highest BCUT2D eigenvalue weighted by molar-refractivity contribution is 5.90. The minimum absolute atomic E-state index is 0.271. The number of aliphatic carboxylic acids is 2. The van der Waals surface area contributed by atoms with Crippen LogP contribution < -0.4 is 34.0 Å². The number of rotatable bonds is 12. The lowest BCUT2D eigenvalue weighted by atomic mass is 10.2. The zero-order valence-corrected chi connectivity index (χ0v) is 23.3. The first-order valence-corrected chi connectivity index (χ1v) is 12.6. The van der Waals surface area contributed by atoms with Gasteiger partial charge in [-0.1, -0.05) is 0 Å². The maximum Gasteiger partial charge on any atom is 0.334 e. The molecule has 1 aromatic rings. The van der Waals surface area contributed by atoms with Crippen LogP contribution in [0.2, 0.25) is 0 Å². The molecule has 19 heteroatoms. The Morgan fingerprint density at radius 1 is 0.881 bits per heavy atom. The molecule has 2 heterocycles. The second kappa shape index (κ2) is 20.0. The van der Waals surface area contributed by atoms with Crippen LogP contribution in [0.3, 0.4) is 0 Å². The molecule has 0 aliphatic carbocycles. The lowest BCUT2D eigenvalue weighted by Gasteiger charge is -2.12. The number of carbonyl (C=O) groups is 6. The lowest BCUT2D eigenvalue weighted by molar-refractivity contribution is -0.163. The van der Waals surface area contributed by atoms with E-state index >= 15 is 0 Å². The van der Waals surface area contributed by atoms with Crippen molar-refractivity contribution in [1.82, 2.24) is 15.3 Å². The van der Waals surface area contributed by atoms with Gasteiger partial charge in [0, 0.05) is 18.3 Å². The summed E-state index contributed by atoms with van der Waals surface area (Å²) in [5.74, 6) is -5.20. The molecule has 1 aliphatic heterocycles. The topological polar surface area (TPSA) is 341 Å². The van der Waals surface area contributed by atoms with E-state index in [2.05, 4.69) is 24.8 Å². The SMILES string of the molecule is C[C@H](N)C(=O)OC[C@H](N)C(=O)OC(=O)[C@H](C)N.N[C@@H](COC(=O)[C@@H]1CCCN1)C(=O)O.N[C@@H](Cc1cnc[nH]1)C(=O)O. The van der Waals surface area contributed by atoms with Crippen molar-refractivity contribution in [3.8, 4) is 0 Å². The van der Waals surface area contributed by atoms with Crippen LogP contribution in [0.5, 0.6) is 0 Å². The van der Waals surface area contributed by atoms with Gasteiger partial charge in [0.1, 0.15) is 49.5 Å². The highest BCUT2D eigenvalue weighted by atomic mass is 16.6. The molecule has 0 radical (unpaired) electrons. The summed E-state index contributed by atoms with van der Waals surface area (Å²) < 4.78 is 13.7. The molecule has 2 rings (SSSR count). The molecule has 0 unspecified atom stereocenters. The molecule has 238 valence electrons. The summed E-state index contributed by atoms with van der Waals surface area (Å²) in [4.78, 5) is 71.4. The highest BCUT2D eigenvalue weighted by Gasteiger charge is 2.25. The van der Waals surface area contributed by atoms with Gasteiger partial charge in [-0.25, -0.2) is 14.6 Å². The Hall–Kier alpha value is -4.01. The third-order valence-corrected chi connectivity index (χ3v) is 5.03. The van der Waals surface area contributed by atoms with Crippen LogP contribution in [-0.4, -0.2) is 112 Å². The van der Waals surface area contributed by atoms with Crippen molar-refractivity contribution in [3.63, 3.8) is 0 Å². The fraction of sp³-hybridized carbons (Fsp3) is 0.609. The van der Waals surface area contributed by atoms with Crippen LogP contribution in [0.1, 0.15) is 32.4 Å². The van der Waals surface area contributed by atoms with E-state index in [1.54, 1.807) is 6.20 Å². The molecule has 1 fully saturated rings. The first kappa shape index (κ1) is 38.0. The van der Waals surface area contributed by atoms with E-state index in [0.717, 1.165) is 25.1 Å². The first-order chi connectivity index (χ1) is 19.6. The first-order valence-electron chi connectivity index (χ1n) is 12.6. The summed E-state index contributed by atoms with van der Waals surface area (Å²) in [6.45, 7) is 2.89. The van der Waals surface area contributed by atoms with Gasteiger partial charge in [0.05, 0.1) is 6.33 Å². The van der Waals surface area contributed by atoms with E-state index < -0.39 is 72.6 Å². The Balaban J connectivity index is 0.000000613. The van der Waals surface area contributed by atoms with Crippen LogP contribution in [0.25, 0.3) is 0 Å². The van der Waals surface area contributed by atoms with Gasteiger partial charge in [-0.2, -0.15) is 0 Å². The molecule has 6 atom stereocenters. The summed E-state index contributed by atoms with van der Waals surface area (Å²) in [6, 6.07) is -5.28. The molecule has 0 bridgehead atoms. The van der Waals surface area contributed by atoms with Crippen LogP contribution in [0.15, 0.2) is 12.5 Å². The third kappa shape index (κ3) is 16.3. The number of hydrogen-bond donors (Lipinski definition) is 9. The number of carboxylic acid groups (broad SMARTS) is 2. The van der Waals surface area contributed by atoms with Gasteiger partial charge >= 0.3 is 35.8 Å². The minimum atomic E-state index is -1.25. The summed E-state index contributed by atoms with van der Waals surface area (Å²) in [7, 11) is 0. The van der Waals surface area contributed by atoms with Crippen molar-refractivity contribution in [3.05, 3.63) is 18.2 Å². The Kier molecular flexibility index (Phi) is 18.1. The van der Waals surface area contributed by atoms with E-state index in [4.69, 9.17) is 43.6 Å². The van der Waals surface area contributed by atoms with Crippen molar-refractivity contribution in [2.45, 2.75) is 69.4 Å². The van der Waals surface area contributed by atoms with Gasteiger partial charge in [-0.05, 0) is 33.2 Å². The molecule has 14 N–H and O–H groups in total. The molecule has 0 aromatic carbocycles. The number of H-pyrrole nitrogens is 1. The predicted molar refractivity (Wildman–Crippen MR) is 143 cm³/mol. The zero-order chi connectivity index (χ0) is 32.4. The lowest BCUT2D eigenvalue weighted by Crippen LogP contribution is -2.42. The summed E-state index contributed by atoms with van der Waals surface area (Å²) in [6.07, 6.45) is 5.01. The molecule has 0 amide bonds. The van der Waals surface area contributed by atoms with Crippen LogP contribution in [0.4, 0.5) is 0 Å². The number of nitrogens with one attached hydrogen (secondary N) is 2. The van der Waals surface area contributed by atoms with Crippen molar-refractivity contribution < 1.29 is 53.2 Å². The largest absolute Gasteiger partial charge is 0.480 e. The van der Waals surface area contributed by atoms with E-state index in [0.29, 0.717) is 0 Å². The molecular weight excluding hydrogens is 564 g/mol. The third-order valence-electron chi connectivity index (χ3n) is 5.03. The van der Waals surface area contributed by atoms with Crippen molar-refractivity contribution in [2.24, 2.45) is 28.7 Å². The number of ether oxygens (including phenoxy) is 3. The Bertz CT molecular complexity index is 1010. The number of nitrogens with zero attached hydrogens (tertiary/aromatic N) is 1. The number of imidazole rings is 1. The Morgan fingerprint density at radius 3 is 1.90 bits per heavy atom. The molecule has 0 saturated carbocycles. The fourth-order valence-electron chi connectivity index (χ4n) is 2.59. The summed E-state index contributed by atoms with van der Waals surface area (Å²) >= 11 is 0. The number of esters is 4.